The van der Waals surface area contributed by atoms with E-state index in [1.54, 1.807) is 0 Å². The standard InChI is InChI=1S/C9H17NO3/c1-6(2)4-5-8(9(12)13)10-7(3)11/h6,8H,4-5H2,1-3H3,(H,10,11)(H,12,13)/t8-/m1/s1. The molecule has 0 saturated carbocycles. The Hall–Kier alpha value is -1.06. The van der Waals surface area contributed by atoms with E-state index in [4.69, 9.17) is 5.11 Å². The number of nitrogens with one attached hydrogen (secondary N) is 1. The highest BCUT2D eigenvalue weighted by Crippen LogP contribution is 2.06. The highest BCUT2D eigenvalue weighted by Gasteiger charge is 2.17. The van der Waals surface area contributed by atoms with Crippen LogP contribution in [0.25, 0.3) is 0 Å². The number of carboxylic acids is 1. The van der Waals surface area contributed by atoms with Crippen molar-refractivity contribution in [2.24, 2.45) is 5.92 Å². The molecule has 0 rings (SSSR count). The quantitative estimate of drug-likeness (QED) is 0.675. The maximum Gasteiger partial charge on any atom is 0.326 e. The second-order valence-corrected chi connectivity index (χ2v) is 3.56. The van der Waals surface area contributed by atoms with Crippen molar-refractivity contribution in [3.63, 3.8) is 0 Å². The Kier molecular flexibility index (Phi) is 5.11. The number of rotatable bonds is 5. The molecular weight excluding hydrogens is 170 g/mol. The maximum atomic E-state index is 10.6. The third-order valence-corrected chi connectivity index (χ3v) is 1.71. The van der Waals surface area contributed by atoms with Crippen LogP contribution in [-0.4, -0.2) is 23.0 Å². The van der Waals surface area contributed by atoms with E-state index in [0.717, 1.165) is 6.42 Å². The lowest BCUT2D eigenvalue weighted by molar-refractivity contribution is -0.141. The lowest BCUT2D eigenvalue weighted by Crippen LogP contribution is -2.39. The first-order valence-electron chi connectivity index (χ1n) is 4.43. The zero-order chi connectivity index (χ0) is 10.4. The SMILES string of the molecule is CC(=O)N[C@H](CCC(C)C)C(=O)O. The molecule has 0 aromatic heterocycles. The molecule has 13 heavy (non-hydrogen) atoms. The number of carboxylic acid groups (broad SMARTS) is 1. The van der Waals surface area contributed by atoms with Crippen molar-refractivity contribution in [2.75, 3.05) is 0 Å². The molecule has 0 aromatic carbocycles. The minimum atomic E-state index is -0.962. The molecule has 1 amide bonds. The molecule has 76 valence electrons. The van der Waals surface area contributed by atoms with Crippen LogP contribution in [0.1, 0.15) is 33.6 Å². The fraction of sp³-hybridized carbons (Fsp3) is 0.778. The number of aliphatic carboxylic acids is 1. The van der Waals surface area contributed by atoms with Crippen LogP contribution in [0.3, 0.4) is 0 Å². The summed E-state index contributed by atoms with van der Waals surface area (Å²) < 4.78 is 0. The summed E-state index contributed by atoms with van der Waals surface area (Å²) in [5.74, 6) is -0.803. The van der Waals surface area contributed by atoms with Crippen LogP contribution in [0.15, 0.2) is 0 Å². The fourth-order valence-corrected chi connectivity index (χ4v) is 1.00. The minimum absolute atomic E-state index is 0.295. The van der Waals surface area contributed by atoms with Gasteiger partial charge in [-0.3, -0.25) is 4.79 Å². The number of carbonyl (C=O) groups is 2. The first-order valence-corrected chi connectivity index (χ1v) is 4.43. The Bertz CT molecular complexity index is 189. The van der Waals surface area contributed by atoms with Crippen molar-refractivity contribution in [1.82, 2.24) is 5.32 Å². The van der Waals surface area contributed by atoms with Crippen molar-refractivity contribution in [2.45, 2.75) is 39.7 Å². The summed E-state index contributed by atoms with van der Waals surface area (Å²) in [7, 11) is 0. The van der Waals surface area contributed by atoms with Gasteiger partial charge in [-0.05, 0) is 18.8 Å². The largest absolute Gasteiger partial charge is 0.480 e. The van der Waals surface area contributed by atoms with Gasteiger partial charge in [-0.25, -0.2) is 4.79 Å². The molecule has 0 bridgehead atoms. The molecule has 0 aromatic rings. The van der Waals surface area contributed by atoms with Gasteiger partial charge in [0.05, 0.1) is 0 Å². The van der Waals surface area contributed by atoms with E-state index >= 15 is 0 Å². The van der Waals surface area contributed by atoms with Crippen LogP contribution >= 0.6 is 0 Å². The predicted molar refractivity (Wildman–Crippen MR) is 49.3 cm³/mol. The molecule has 0 aliphatic carbocycles. The molecular formula is C9H17NO3. The van der Waals surface area contributed by atoms with E-state index in [0.29, 0.717) is 12.3 Å². The summed E-state index contributed by atoms with van der Waals surface area (Å²) in [6.45, 7) is 5.37. The topological polar surface area (TPSA) is 66.4 Å². The van der Waals surface area contributed by atoms with Crippen LogP contribution in [0.4, 0.5) is 0 Å². The lowest BCUT2D eigenvalue weighted by Gasteiger charge is -2.13. The average Bonchev–Trinajstić information content (AvgIpc) is 1.96. The molecule has 0 aliphatic heterocycles. The normalized spacial score (nSPS) is 12.6. The summed E-state index contributed by atoms with van der Waals surface area (Å²) in [4.78, 5) is 21.3. The molecule has 4 heteroatoms. The van der Waals surface area contributed by atoms with Gasteiger partial charge in [0.2, 0.25) is 5.91 Å². The van der Waals surface area contributed by atoms with Crippen molar-refractivity contribution < 1.29 is 14.7 Å². The number of hydrogen-bond acceptors (Lipinski definition) is 2. The van der Waals surface area contributed by atoms with Crippen molar-refractivity contribution >= 4 is 11.9 Å². The highest BCUT2D eigenvalue weighted by atomic mass is 16.4. The third-order valence-electron chi connectivity index (χ3n) is 1.71. The van der Waals surface area contributed by atoms with Gasteiger partial charge in [-0.1, -0.05) is 13.8 Å². The summed E-state index contributed by atoms with van der Waals surface area (Å²) in [6, 6.07) is -0.736. The van der Waals surface area contributed by atoms with Gasteiger partial charge >= 0.3 is 5.97 Å². The van der Waals surface area contributed by atoms with E-state index in [1.165, 1.54) is 6.92 Å². The lowest BCUT2D eigenvalue weighted by atomic mass is 10.0. The van der Waals surface area contributed by atoms with Gasteiger partial charge in [-0.15, -0.1) is 0 Å². The molecule has 2 N–H and O–H groups in total. The molecule has 0 heterocycles. The predicted octanol–water partition coefficient (Wildman–Crippen LogP) is 1.01. The molecule has 0 unspecified atom stereocenters. The molecule has 0 spiro atoms. The van der Waals surface area contributed by atoms with Crippen LogP contribution in [0.5, 0.6) is 0 Å². The smallest absolute Gasteiger partial charge is 0.326 e. The molecule has 0 aliphatic rings. The third kappa shape index (κ3) is 6.13. The van der Waals surface area contributed by atoms with E-state index in [-0.39, 0.29) is 5.91 Å². The molecule has 4 nitrogen and oxygen atoms in total. The fourth-order valence-electron chi connectivity index (χ4n) is 1.00. The number of carbonyl (C=O) groups excluding carboxylic acids is 1. The minimum Gasteiger partial charge on any atom is -0.480 e. The average molecular weight is 187 g/mol. The molecule has 0 saturated heterocycles. The Labute approximate surface area is 78.3 Å². The summed E-state index contributed by atoms with van der Waals surface area (Å²) in [5, 5.41) is 11.1. The Balaban J connectivity index is 3.95. The molecule has 1 atom stereocenters. The van der Waals surface area contributed by atoms with Crippen molar-refractivity contribution in [3.05, 3.63) is 0 Å². The summed E-state index contributed by atoms with van der Waals surface area (Å²) in [6.07, 6.45) is 1.30. The second-order valence-electron chi connectivity index (χ2n) is 3.56. The van der Waals surface area contributed by atoms with E-state index < -0.39 is 12.0 Å². The number of hydrogen-bond donors (Lipinski definition) is 2. The number of amides is 1. The first-order chi connectivity index (χ1) is 5.93. The van der Waals surface area contributed by atoms with Crippen LogP contribution in [-0.2, 0) is 9.59 Å². The maximum absolute atomic E-state index is 10.6. The zero-order valence-electron chi connectivity index (χ0n) is 8.33. The van der Waals surface area contributed by atoms with Gasteiger partial charge in [-0.2, -0.15) is 0 Å². The summed E-state index contributed by atoms with van der Waals surface area (Å²) in [5.41, 5.74) is 0. The van der Waals surface area contributed by atoms with Crippen molar-refractivity contribution in [1.29, 1.82) is 0 Å². The Morgan fingerprint density at radius 2 is 1.85 bits per heavy atom. The van der Waals surface area contributed by atoms with Crippen LogP contribution in [0, 0.1) is 5.92 Å². The second kappa shape index (κ2) is 5.56. The molecule has 0 fully saturated rings. The van der Waals surface area contributed by atoms with E-state index in [2.05, 4.69) is 5.32 Å². The van der Waals surface area contributed by atoms with Gasteiger partial charge in [0, 0.05) is 6.92 Å². The van der Waals surface area contributed by atoms with Gasteiger partial charge < -0.3 is 10.4 Å². The van der Waals surface area contributed by atoms with Crippen molar-refractivity contribution in [3.8, 4) is 0 Å². The zero-order valence-corrected chi connectivity index (χ0v) is 8.33. The van der Waals surface area contributed by atoms with Crippen LogP contribution < -0.4 is 5.32 Å². The highest BCUT2D eigenvalue weighted by molar-refractivity contribution is 5.81. The van der Waals surface area contributed by atoms with E-state index in [9.17, 15) is 9.59 Å². The summed E-state index contributed by atoms with van der Waals surface area (Å²) >= 11 is 0. The Morgan fingerprint density at radius 1 is 1.31 bits per heavy atom. The van der Waals surface area contributed by atoms with Gasteiger partial charge in [0.25, 0.3) is 0 Å². The van der Waals surface area contributed by atoms with Gasteiger partial charge in [0.15, 0.2) is 0 Å². The Morgan fingerprint density at radius 3 is 2.15 bits per heavy atom. The van der Waals surface area contributed by atoms with Crippen LogP contribution in [0.2, 0.25) is 0 Å². The molecule has 0 radical (unpaired) electrons. The van der Waals surface area contributed by atoms with Gasteiger partial charge in [0.1, 0.15) is 6.04 Å². The van der Waals surface area contributed by atoms with E-state index in [1.807, 2.05) is 13.8 Å². The monoisotopic (exact) mass is 187 g/mol. The first kappa shape index (κ1) is 11.9.